The minimum absolute atomic E-state index is 0.00790. The van der Waals surface area contributed by atoms with Crippen LogP contribution in [0.2, 0.25) is 0 Å². The lowest BCUT2D eigenvalue weighted by atomic mass is 9.68. The average molecular weight is 489 g/mol. The van der Waals surface area contributed by atoms with Crippen LogP contribution in [0.25, 0.3) is 0 Å². The first kappa shape index (κ1) is 23.7. The minimum atomic E-state index is -4.60. The van der Waals surface area contributed by atoms with Crippen LogP contribution in [-0.4, -0.2) is 37.5 Å². The van der Waals surface area contributed by atoms with Crippen molar-refractivity contribution in [2.75, 3.05) is 14.2 Å². The van der Waals surface area contributed by atoms with Crippen LogP contribution in [0.4, 0.5) is 13.2 Å². The standard InChI is InChI=1S/C25H26F3N3O4/c1-34-18-8-7-12(11-19(18)35-2)13-9-16-21(17(32)10-13)20(22-23(29-16)30-31-24(22)33)14-5-3-4-6-15(14)25(26,27)28/h3-8,11,13,20,22-24,29-31,33H,9-10H2,1-2H3/t13-,20-,22?,23?,24?/m1/s1. The van der Waals surface area contributed by atoms with Crippen molar-refractivity contribution < 1.29 is 32.5 Å². The zero-order valence-electron chi connectivity index (χ0n) is 19.1. The molecule has 3 unspecified atom stereocenters. The smallest absolute Gasteiger partial charge is 0.416 e. The molecular weight excluding hydrogens is 463 g/mol. The van der Waals surface area contributed by atoms with Crippen molar-refractivity contribution in [3.05, 3.63) is 70.4 Å². The number of methoxy groups -OCH3 is 2. The Morgan fingerprint density at radius 2 is 1.74 bits per heavy atom. The second-order valence-corrected chi connectivity index (χ2v) is 9.03. The Morgan fingerprint density at radius 3 is 2.46 bits per heavy atom. The first-order chi connectivity index (χ1) is 16.7. The van der Waals surface area contributed by atoms with Gasteiger partial charge in [0.25, 0.3) is 0 Å². The SMILES string of the molecule is COc1ccc([C@H]2CC(=O)C3=C(C2)NC2NNC(O)C2[C@@H]3c2ccccc2C(F)(F)F)cc1OC. The molecule has 1 fully saturated rings. The maximum Gasteiger partial charge on any atom is 0.416 e. The van der Waals surface area contributed by atoms with Crippen molar-refractivity contribution in [1.82, 2.24) is 16.2 Å². The highest BCUT2D eigenvalue weighted by molar-refractivity contribution is 5.99. The van der Waals surface area contributed by atoms with Crippen LogP contribution in [0.15, 0.2) is 53.7 Å². The minimum Gasteiger partial charge on any atom is -0.493 e. The summed E-state index contributed by atoms with van der Waals surface area (Å²) in [4.78, 5) is 13.6. The number of hydrogen-bond acceptors (Lipinski definition) is 7. The monoisotopic (exact) mass is 489 g/mol. The summed E-state index contributed by atoms with van der Waals surface area (Å²) in [6.45, 7) is 0. The molecule has 2 aliphatic heterocycles. The van der Waals surface area contributed by atoms with Crippen molar-refractivity contribution >= 4 is 5.78 Å². The Bertz CT molecular complexity index is 1180. The number of fused-ring (bicyclic) bond motifs is 1. The van der Waals surface area contributed by atoms with Gasteiger partial charge in [-0.2, -0.15) is 13.2 Å². The zero-order valence-corrected chi connectivity index (χ0v) is 19.1. The number of ether oxygens (including phenoxy) is 2. The summed E-state index contributed by atoms with van der Waals surface area (Å²) in [5.41, 5.74) is 6.60. The number of halogens is 3. The fourth-order valence-electron chi connectivity index (χ4n) is 5.60. The van der Waals surface area contributed by atoms with Crippen molar-refractivity contribution in [2.45, 2.75) is 43.2 Å². The molecule has 7 nitrogen and oxygen atoms in total. The third kappa shape index (κ3) is 4.05. The molecule has 186 valence electrons. The molecule has 10 heteroatoms. The summed E-state index contributed by atoms with van der Waals surface area (Å²) in [6.07, 6.45) is -5.71. The largest absolute Gasteiger partial charge is 0.493 e. The van der Waals surface area contributed by atoms with Gasteiger partial charge in [0.2, 0.25) is 0 Å². The predicted molar refractivity (Wildman–Crippen MR) is 120 cm³/mol. The van der Waals surface area contributed by atoms with Gasteiger partial charge in [0.05, 0.1) is 25.9 Å². The number of aliphatic hydroxyl groups is 1. The summed E-state index contributed by atoms with van der Waals surface area (Å²) in [7, 11) is 3.07. The van der Waals surface area contributed by atoms with E-state index in [1.165, 1.54) is 32.4 Å². The first-order valence-corrected chi connectivity index (χ1v) is 11.3. The third-order valence-corrected chi connectivity index (χ3v) is 7.15. The van der Waals surface area contributed by atoms with Gasteiger partial charge in [0.1, 0.15) is 6.23 Å². The normalized spacial score (nSPS) is 28.3. The van der Waals surface area contributed by atoms with Gasteiger partial charge < -0.3 is 19.9 Å². The zero-order chi connectivity index (χ0) is 24.9. The van der Waals surface area contributed by atoms with Gasteiger partial charge in [-0.15, -0.1) is 0 Å². The number of nitrogens with one attached hydrogen (secondary N) is 3. The molecule has 0 spiro atoms. The summed E-state index contributed by atoms with van der Waals surface area (Å²) < 4.78 is 52.5. The number of aliphatic hydroxyl groups excluding tert-OH is 1. The van der Waals surface area contributed by atoms with Crippen LogP contribution < -0.4 is 25.6 Å². The van der Waals surface area contributed by atoms with E-state index in [0.29, 0.717) is 29.2 Å². The molecule has 1 saturated heterocycles. The molecule has 0 aromatic heterocycles. The molecule has 0 saturated carbocycles. The van der Waals surface area contributed by atoms with Crippen molar-refractivity contribution in [3.8, 4) is 11.5 Å². The number of hydrogen-bond donors (Lipinski definition) is 4. The van der Waals surface area contributed by atoms with E-state index in [1.807, 2.05) is 12.1 Å². The van der Waals surface area contributed by atoms with Crippen LogP contribution in [0, 0.1) is 5.92 Å². The quantitative estimate of drug-likeness (QED) is 0.525. The number of hydrazine groups is 1. The Kier molecular flexibility index (Phi) is 5.98. The number of benzene rings is 2. The van der Waals surface area contributed by atoms with Gasteiger partial charge in [0.15, 0.2) is 17.3 Å². The van der Waals surface area contributed by atoms with E-state index in [-0.39, 0.29) is 23.7 Å². The van der Waals surface area contributed by atoms with E-state index in [1.54, 1.807) is 6.07 Å². The van der Waals surface area contributed by atoms with Crippen molar-refractivity contribution in [1.29, 1.82) is 0 Å². The van der Waals surface area contributed by atoms with E-state index in [4.69, 9.17) is 9.47 Å². The van der Waals surface area contributed by atoms with Gasteiger partial charge in [-0.1, -0.05) is 24.3 Å². The Balaban J connectivity index is 1.59. The molecule has 5 rings (SSSR count). The second-order valence-electron chi connectivity index (χ2n) is 9.03. The lowest BCUT2D eigenvalue weighted by molar-refractivity contribution is -0.138. The topological polar surface area (TPSA) is 91.9 Å². The van der Waals surface area contributed by atoms with Crippen molar-refractivity contribution in [3.63, 3.8) is 0 Å². The number of alkyl halides is 3. The highest BCUT2D eigenvalue weighted by atomic mass is 19.4. The molecule has 3 aliphatic rings. The maximum atomic E-state index is 13.9. The highest BCUT2D eigenvalue weighted by Crippen LogP contribution is 2.50. The summed E-state index contributed by atoms with van der Waals surface area (Å²) in [5.74, 6) is -0.961. The first-order valence-electron chi connectivity index (χ1n) is 11.3. The molecule has 0 radical (unpaired) electrons. The van der Waals surface area contributed by atoms with Gasteiger partial charge in [-0.25, -0.2) is 10.9 Å². The number of allylic oxidation sites excluding steroid dienone is 2. The Labute approximate surface area is 200 Å². The summed E-state index contributed by atoms with van der Waals surface area (Å²) >= 11 is 0. The molecule has 4 N–H and O–H groups in total. The van der Waals surface area contributed by atoms with Gasteiger partial charge in [-0.3, -0.25) is 4.79 Å². The number of ketones is 1. The number of carbonyl (C=O) groups excluding carboxylic acids is 1. The Hall–Kier alpha value is -3.08. The molecule has 5 atom stereocenters. The summed E-state index contributed by atoms with van der Waals surface area (Å²) in [5, 5.41) is 13.9. The molecule has 0 bridgehead atoms. The molecule has 2 aromatic carbocycles. The van der Waals surface area contributed by atoms with Crippen LogP contribution in [0.1, 0.15) is 41.4 Å². The number of carbonyl (C=O) groups is 1. The van der Waals surface area contributed by atoms with E-state index in [2.05, 4.69) is 16.2 Å². The predicted octanol–water partition coefficient (Wildman–Crippen LogP) is 3.18. The summed E-state index contributed by atoms with van der Waals surface area (Å²) in [6, 6.07) is 10.7. The fourth-order valence-corrected chi connectivity index (χ4v) is 5.60. The van der Waals surface area contributed by atoms with E-state index in [9.17, 15) is 23.1 Å². The van der Waals surface area contributed by atoms with E-state index < -0.39 is 36.0 Å². The molecule has 35 heavy (non-hydrogen) atoms. The number of Topliss-reactive ketones (excluding diaryl/α,β-unsaturated/α-hetero) is 1. The highest BCUT2D eigenvalue weighted by Gasteiger charge is 2.51. The molecular formula is C25H26F3N3O4. The molecule has 2 aromatic rings. The van der Waals surface area contributed by atoms with Gasteiger partial charge in [0, 0.05) is 29.5 Å². The lowest BCUT2D eigenvalue weighted by Crippen LogP contribution is -2.51. The van der Waals surface area contributed by atoms with Crippen LogP contribution in [-0.2, 0) is 11.0 Å². The van der Waals surface area contributed by atoms with Crippen LogP contribution in [0.3, 0.4) is 0 Å². The number of rotatable bonds is 4. The second kappa shape index (κ2) is 8.85. The van der Waals surface area contributed by atoms with Crippen molar-refractivity contribution in [2.24, 2.45) is 5.92 Å². The van der Waals surface area contributed by atoms with Gasteiger partial charge >= 0.3 is 6.18 Å². The molecule has 1 aliphatic carbocycles. The van der Waals surface area contributed by atoms with Crippen LogP contribution >= 0.6 is 0 Å². The van der Waals surface area contributed by atoms with Crippen LogP contribution in [0.5, 0.6) is 11.5 Å². The van der Waals surface area contributed by atoms with Gasteiger partial charge in [-0.05, 0) is 41.7 Å². The molecule has 0 amide bonds. The van der Waals surface area contributed by atoms with E-state index >= 15 is 0 Å². The average Bonchev–Trinajstić information content (AvgIpc) is 3.21. The fraction of sp³-hybridized carbons (Fsp3) is 0.400. The van der Waals surface area contributed by atoms with E-state index in [0.717, 1.165) is 11.6 Å². The third-order valence-electron chi connectivity index (χ3n) is 7.15. The Morgan fingerprint density at radius 1 is 1.00 bits per heavy atom. The molecule has 2 heterocycles. The lowest BCUT2D eigenvalue weighted by Gasteiger charge is -2.42. The maximum absolute atomic E-state index is 13.9.